The number of hydrogen-bond acceptors (Lipinski definition) is 11. The van der Waals surface area contributed by atoms with Crippen LogP contribution < -0.4 is 0 Å². The summed E-state index contributed by atoms with van der Waals surface area (Å²) in [6, 6.07) is 39.6. The van der Waals surface area contributed by atoms with Gasteiger partial charge in [0.05, 0.1) is 33.0 Å². The summed E-state index contributed by atoms with van der Waals surface area (Å²) in [4.78, 5) is 12.0. The second-order valence-corrected chi connectivity index (χ2v) is 14.9. The van der Waals surface area contributed by atoms with E-state index >= 15 is 0 Å². The number of rotatable bonds is 18. The van der Waals surface area contributed by atoms with E-state index in [1.807, 2.05) is 121 Å². The SMILES string of the molecule is C=C[C@]1(O[C@H]2C3OC(C)(C)O[C@H]3O[C@@H]2COC(C)=O)OC(COCc2ccccc2)[C@H](OCc2ccccc2)[C@H](OCc2ccccc2)C1OCc1ccccc1. The van der Waals surface area contributed by atoms with Crippen LogP contribution in [0, 0.1) is 0 Å². The van der Waals surface area contributed by atoms with Crippen molar-refractivity contribution >= 4 is 5.97 Å². The van der Waals surface area contributed by atoms with Gasteiger partial charge in [0.2, 0.25) is 5.79 Å². The highest BCUT2D eigenvalue weighted by atomic mass is 16.9. The second kappa shape index (κ2) is 19.0. The average Bonchev–Trinajstić information content (AvgIpc) is 3.70. The summed E-state index contributed by atoms with van der Waals surface area (Å²) in [6.45, 7) is 10.3. The highest BCUT2D eigenvalue weighted by Crippen LogP contribution is 2.45. The minimum atomic E-state index is -1.70. The van der Waals surface area contributed by atoms with Crippen LogP contribution in [-0.4, -0.2) is 79.8 Å². The minimum absolute atomic E-state index is 0.108. The first-order valence-electron chi connectivity index (χ1n) is 19.4. The molecule has 0 bridgehead atoms. The fourth-order valence-electron chi connectivity index (χ4n) is 7.41. The number of carbonyl (C=O) groups is 1. The molecule has 3 heterocycles. The van der Waals surface area contributed by atoms with Gasteiger partial charge in [-0.05, 0) is 42.2 Å². The number of hydrogen-bond donors (Lipinski definition) is 0. The fourth-order valence-corrected chi connectivity index (χ4v) is 7.41. The second-order valence-electron chi connectivity index (χ2n) is 14.9. The lowest BCUT2D eigenvalue weighted by Gasteiger charge is -2.52. The van der Waals surface area contributed by atoms with Gasteiger partial charge < -0.3 is 47.4 Å². The van der Waals surface area contributed by atoms with Gasteiger partial charge in [-0.3, -0.25) is 4.79 Å². The maximum Gasteiger partial charge on any atom is 0.302 e. The quantitative estimate of drug-likeness (QED) is 0.0765. The number of fused-ring (bicyclic) bond motifs is 1. The Labute approximate surface area is 334 Å². The standard InChI is InChI=1S/C46H52O11/c1-5-46(56-40-37(31-49-32(2)47)53-44-42(40)55-45(3,4)57-44)43(52-29-36-24-16-9-17-25-36)41(51-28-35-22-14-8-15-23-35)39(50-27-34-20-12-7-13-21-34)38(54-46)30-48-26-33-18-10-6-11-19-33/h5-25,37-44H,1,26-31H2,2-4H3/t37-,38?,39+,40-,41+,42?,43?,44-,46-/m1/s1. The van der Waals surface area contributed by atoms with Crippen molar-refractivity contribution in [3.05, 3.63) is 156 Å². The van der Waals surface area contributed by atoms with E-state index in [9.17, 15) is 4.79 Å². The smallest absolute Gasteiger partial charge is 0.302 e. The first-order chi connectivity index (χ1) is 27.7. The van der Waals surface area contributed by atoms with E-state index in [0.29, 0.717) is 6.61 Å². The zero-order chi connectivity index (χ0) is 39.7. The number of ether oxygens (including phenoxy) is 10. The summed E-state index contributed by atoms with van der Waals surface area (Å²) >= 11 is 0. The number of carbonyl (C=O) groups excluding carboxylic acids is 1. The molecule has 7 rings (SSSR count). The van der Waals surface area contributed by atoms with Crippen molar-refractivity contribution in [3.8, 4) is 0 Å². The molecule has 11 heteroatoms. The summed E-state index contributed by atoms with van der Waals surface area (Å²) < 4.78 is 65.6. The van der Waals surface area contributed by atoms with Crippen molar-refractivity contribution in [2.24, 2.45) is 0 Å². The molecule has 3 aliphatic rings. The van der Waals surface area contributed by atoms with Crippen LogP contribution in [0.5, 0.6) is 0 Å². The molecule has 4 aromatic carbocycles. The molecule has 3 unspecified atom stereocenters. The van der Waals surface area contributed by atoms with Crippen LogP contribution in [0.4, 0.5) is 0 Å². The molecule has 11 nitrogen and oxygen atoms in total. The Hall–Kier alpha value is -4.27. The van der Waals surface area contributed by atoms with Crippen LogP contribution in [0.25, 0.3) is 0 Å². The maximum atomic E-state index is 12.0. The highest BCUT2D eigenvalue weighted by molar-refractivity contribution is 5.65. The Kier molecular flexibility index (Phi) is 13.6. The molecule has 3 aliphatic heterocycles. The van der Waals surface area contributed by atoms with E-state index in [1.165, 1.54) is 6.92 Å². The Morgan fingerprint density at radius 2 is 1.14 bits per heavy atom. The highest BCUT2D eigenvalue weighted by Gasteiger charge is 2.62. The topological polar surface area (TPSA) is 109 Å². The molecule has 0 amide bonds. The van der Waals surface area contributed by atoms with Gasteiger partial charge in [-0.1, -0.05) is 128 Å². The van der Waals surface area contributed by atoms with E-state index in [4.69, 9.17) is 47.4 Å². The first kappa shape index (κ1) is 40.9. The minimum Gasteiger partial charge on any atom is -0.463 e. The van der Waals surface area contributed by atoms with Gasteiger partial charge in [0.25, 0.3) is 0 Å². The Balaban J connectivity index is 1.28. The van der Waals surface area contributed by atoms with Crippen molar-refractivity contribution in [1.29, 1.82) is 0 Å². The predicted octanol–water partition coefficient (Wildman–Crippen LogP) is 7.07. The molecule has 3 saturated heterocycles. The zero-order valence-electron chi connectivity index (χ0n) is 32.7. The number of benzene rings is 4. The summed E-state index contributed by atoms with van der Waals surface area (Å²) in [7, 11) is 0. The average molecular weight is 781 g/mol. The molecule has 3 fully saturated rings. The van der Waals surface area contributed by atoms with Gasteiger partial charge in [0.1, 0.15) is 49.3 Å². The normalized spacial score (nSPS) is 29.1. The Morgan fingerprint density at radius 3 is 1.67 bits per heavy atom. The third kappa shape index (κ3) is 10.4. The molecule has 302 valence electrons. The lowest BCUT2D eigenvalue weighted by Crippen LogP contribution is -2.68. The molecule has 9 atom stereocenters. The summed E-state index contributed by atoms with van der Waals surface area (Å²) in [5.41, 5.74) is 3.87. The van der Waals surface area contributed by atoms with E-state index in [0.717, 1.165) is 22.3 Å². The molecule has 0 radical (unpaired) electrons. The van der Waals surface area contributed by atoms with Crippen LogP contribution in [0.3, 0.4) is 0 Å². The third-order valence-corrected chi connectivity index (χ3v) is 10.1. The van der Waals surface area contributed by atoms with E-state index in [-0.39, 0.29) is 33.0 Å². The van der Waals surface area contributed by atoms with Gasteiger partial charge in [0.15, 0.2) is 12.1 Å². The van der Waals surface area contributed by atoms with Gasteiger partial charge in [-0.15, -0.1) is 0 Å². The monoisotopic (exact) mass is 780 g/mol. The summed E-state index contributed by atoms with van der Waals surface area (Å²) in [6.07, 6.45) is -4.78. The van der Waals surface area contributed by atoms with Gasteiger partial charge in [-0.25, -0.2) is 0 Å². The Morgan fingerprint density at radius 1 is 0.632 bits per heavy atom. The molecule has 0 aromatic heterocycles. The molecule has 0 saturated carbocycles. The molecule has 57 heavy (non-hydrogen) atoms. The molecular weight excluding hydrogens is 728 g/mol. The van der Waals surface area contributed by atoms with Crippen molar-refractivity contribution < 1.29 is 52.2 Å². The number of esters is 1. The lowest BCUT2D eigenvalue weighted by molar-refractivity contribution is -0.379. The van der Waals surface area contributed by atoms with Gasteiger partial charge >= 0.3 is 5.97 Å². The van der Waals surface area contributed by atoms with E-state index in [1.54, 1.807) is 19.9 Å². The van der Waals surface area contributed by atoms with Crippen LogP contribution >= 0.6 is 0 Å². The lowest BCUT2D eigenvalue weighted by atomic mass is 9.90. The molecule has 4 aromatic rings. The molecule has 0 spiro atoms. The summed E-state index contributed by atoms with van der Waals surface area (Å²) in [5.74, 6) is -3.12. The van der Waals surface area contributed by atoms with Crippen molar-refractivity contribution in [2.75, 3.05) is 13.2 Å². The first-order valence-corrected chi connectivity index (χ1v) is 19.4. The Bertz CT molecular complexity index is 1840. The van der Waals surface area contributed by atoms with E-state index in [2.05, 4.69) is 6.58 Å². The molecule has 0 aliphatic carbocycles. The largest absolute Gasteiger partial charge is 0.463 e. The van der Waals surface area contributed by atoms with Crippen LogP contribution in [0.1, 0.15) is 43.0 Å². The zero-order valence-corrected chi connectivity index (χ0v) is 32.7. The van der Waals surface area contributed by atoms with Gasteiger partial charge in [0, 0.05) is 6.92 Å². The molecular formula is C46H52O11. The van der Waals surface area contributed by atoms with Gasteiger partial charge in [-0.2, -0.15) is 0 Å². The maximum absolute atomic E-state index is 12.0. The predicted molar refractivity (Wildman–Crippen MR) is 209 cm³/mol. The van der Waals surface area contributed by atoms with Crippen molar-refractivity contribution in [1.82, 2.24) is 0 Å². The molecule has 0 N–H and O–H groups in total. The van der Waals surface area contributed by atoms with Crippen molar-refractivity contribution in [3.63, 3.8) is 0 Å². The summed E-state index contributed by atoms with van der Waals surface area (Å²) in [5, 5.41) is 0. The van der Waals surface area contributed by atoms with E-state index < -0.39 is 66.6 Å². The van der Waals surface area contributed by atoms with Crippen molar-refractivity contribution in [2.45, 2.75) is 108 Å². The fraction of sp³-hybridized carbons (Fsp3) is 0.413. The van der Waals surface area contributed by atoms with Crippen LogP contribution in [0.15, 0.2) is 134 Å². The van der Waals surface area contributed by atoms with Crippen LogP contribution in [0.2, 0.25) is 0 Å². The van der Waals surface area contributed by atoms with Crippen LogP contribution in [-0.2, 0) is 78.6 Å². The third-order valence-electron chi connectivity index (χ3n) is 10.1.